The van der Waals surface area contributed by atoms with Crippen molar-refractivity contribution < 1.29 is 0 Å². The molecule has 0 fully saturated rings. The lowest BCUT2D eigenvalue weighted by Crippen LogP contribution is -1.83. The van der Waals surface area contributed by atoms with Gasteiger partial charge in [-0.05, 0) is 18.1 Å². The van der Waals surface area contributed by atoms with Gasteiger partial charge >= 0.3 is 0 Å². The Kier molecular flexibility index (Phi) is 1.10. The van der Waals surface area contributed by atoms with Gasteiger partial charge in [-0.1, -0.05) is 23.8 Å². The Bertz CT molecular complexity index is 287. The second-order valence-electron chi connectivity index (χ2n) is 2.67. The smallest absolute Gasteiger partial charge is 0.0646 e. The van der Waals surface area contributed by atoms with Gasteiger partial charge in [0.05, 0.1) is 6.54 Å². The molecule has 1 heteroatoms. The number of rotatable bonds is 0. The van der Waals surface area contributed by atoms with E-state index in [-0.39, 0.29) is 0 Å². The normalized spacial score (nSPS) is 13.7. The quantitative estimate of drug-likeness (QED) is 0.510. The van der Waals surface area contributed by atoms with Gasteiger partial charge in [0.2, 0.25) is 0 Å². The summed E-state index contributed by atoms with van der Waals surface area (Å²) in [5, 5.41) is 0. The highest BCUT2D eigenvalue weighted by molar-refractivity contribution is 5.84. The molecule has 0 aliphatic carbocycles. The van der Waals surface area contributed by atoms with Crippen LogP contribution in [0, 0.1) is 6.92 Å². The molecular formula is C9H9N. The summed E-state index contributed by atoms with van der Waals surface area (Å²) in [6, 6.07) is 6.46. The van der Waals surface area contributed by atoms with Crippen LogP contribution in [0.1, 0.15) is 16.7 Å². The SMILES string of the molecule is Cc1ccc2c(c1)C=NC2. The fourth-order valence-electron chi connectivity index (χ4n) is 1.22. The minimum Gasteiger partial charge on any atom is -0.288 e. The van der Waals surface area contributed by atoms with Gasteiger partial charge in [0.1, 0.15) is 0 Å². The van der Waals surface area contributed by atoms with Crippen molar-refractivity contribution in [3.8, 4) is 0 Å². The maximum absolute atomic E-state index is 4.17. The van der Waals surface area contributed by atoms with Crippen molar-refractivity contribution in [3.63, 3.8) is 0 Å². The van der Waals surface area contributed by atoms with Gasteiger partial charge in [-0.2, -0.15) is 0 Å². The second-order valence-corrected chi connectivity index (χ2v) is 2.67. The van der Waals surface area contributed by atoms with Crippen LogP contribution in [0.5, 0.6) is 0 Å². The number of benzene rings is 1. The molecule has 2 rings (SSSR count). The third-order valence-corrected chi connectivity index (χ3v) is 1.79. The predicted octanol–water partition coefficient (Wildman–Crippen LogP) is 1.93. The summed E-state index contributed by atoms with van der Waals surface area (Å²) in [4.78, 5) is 4.17. The Labute approximate surface area is 60.4 Å². The lowest BCUT2D eigenvalue weighted by atomic mass is 10.1. The van der Waals surface area contributed by atoms with Crippen LogP contribution in [0.4, 0.5) is 0 Å². The summed E-state index contributed by atoms with van der Waals surface area (Å²) in [6.45, 7) is 2.97. The van der Waals surface area contributed by atoms with Crippen molar-refractivity contribution in [3.05, 3.63) is 34.9 Å². The fraction of sp³-hybridized carbons (Fsp3) is 0.222. The van der Waals surface area contributed by atoms with Crippen LogP contribution in [-0.4, -0.2) is 6.21 Å². The third-order valence-electron chi connectivity index (χ3n) is 1.79. The molecule has 0 atom stereocenters. The van der Waals surface area contributed by atoms with E-state index in [1.807, 2.05) is 6.21 Å². The molecule has 0 spiro atoms. The Morgan fingerprint density at radius 3 is 3.20 bits per heavy atom. The van der Waals surface area contributed by atoms with E-state index in [1.165, 1.54) is 16.7 Å². The summed E-state index contributed by atoms with van der Waals surface area (Å²) >= 11 is 0. The molecule has 0 amide bonds. The van der Waals surface area contributed by atoms with E-state index >= 15 is 0 Å². The van der Waals surface area contributed by atoms with Crippen LogP contribution in [0.25, 0.3) is 0 Å². The van der Waals surface area contributed by atoms with Gasteiger partial charge in [-0.25, -0.2) is 0 Å². The first-order valence-electron chi connectivity index (χ1n) is 3.45. The number of aryl methyl sites for hydroxylation is 1. The molecule has 1 aromatic rings. The molecule has 1 aromatic carbocycles. The van der Waals surface area contributed by atoms with Gasteiger partial charge in [0, 0.05) is 6.21 Å². The van der Waals surface area contributed by atoms with Crippen molar-refractivity contribution in [2.45, 2.75) is 13.5 Å². The number of fused-ring (bicyclic) bond motifs is 1. The van der Waals surface area contributed by atoms with E-state index in [0.717, 1.165) is 6.54 Å². The lowest BCUT2D eigenvalue weighted by Gasteiger charge is -1.96. The Morgan fingerprint density at radius 1 is 1.40 bits per heavy atom. The molecule has 1 aliphatic rings. The number of nitrogens with zero attached hydrogens (tertiary/aromatic N) is 1. The van der Waals surface area contributed by atoms with Crippen molar-refractivity contribution >= 4 is 6.21 Å². The molecular weight excluding hydrogens is 122 g/mol. The minimum absolute atomic E-state index is 0.871. The molecule has 0 saturated heterocycles. The van der Waals surface area contributed by atoms with E-state index < -0.39 is 0 Å². The minimum atomic E-state index is 0.871. The zero-order valence-corrected chi connectivity index (χ0v) is 5.96. The monoisotopic (exact) mass is 131 g/mol. The Morgan fingerprint density at radius 2 is 2.30 bits per heavy atom. The molecule has 1 heterocycles. The van der Waals surface area contributed by atoms with Crippen LogP contribution in [0.2, 0.25) is 0 Å². The molecule has 0 N–H and O–H groups in total. The molecule has 1 aliphatic heterocycles. The van der Waals surface area contributed by atoms with E-state index in [9.17, 15) is 0 Å². The standard InChI is InChI=1S/C9H9N/c1-7-2-3-8-5-10-6-9(8)4-7/h2-4,6H,5H2,1H3. The highest BCUT2D eigenvalue weighted by Crippen LogP contribution is 2.15. The fourth-order valence-corrected chi connectivity index (χ4v) is 1.22. The first kappa shape index (κ1) is 5.66. The molecule has 0 aromatic heterocycles. The van der Waals surface area contributed by atoms with E-state index in [4.69, 9.17) is 0 Å². The van der Waals surface area contributed by atoms with Gasteiger partial charge in [-0.15, -0.1) is 0 Å². The van der Waals surface area contributed by atoms with Crippen LogP contribution < -0.4 is 0 Å². The zero-order chi connectivity index (χ0) is 6.97. The van der Waals surface area contributed by atoms with Crippen molar-refractivity contribution in [1.82, 2.24) is 0 Å². The number of hydrogen-bond acceptors (Lipinski definition) is 1. The summed E-state index contributed by atoms with van der Waals surface area (Å²) in [6.07, 6.45) is 1.95. The van der Waals surface area contributed by atoms with Crippen LogP contribution in [-0.2, 0) is 6.54 Å². The van der Waals surface area contributed by atoms with Gasteiger partial charge in [0.15, 0.2) is 0 Å². The van der Waals surface area contributed by atoms with E-state index in [0.29, 0.717) is 0 Å². The second kappa shape index (κ2) is 1.94. The first-order valence-corrected chi connectivity index (χ1v) is 3.45. The predicted molar refractivity (Wildman–Crippen MR) is 42.5 cm³/mol. The van der Waals surface area contributed by atoms with E-state index in [1.54, 1.807) is 0 Å². The molecule has 0 bridgehead atoms. The average molecular weight is 131 g/mol. The molecule has 0 saturated carbocycles. The van der Waals surface area contributed by atoms with Crippen molar-refractivity contribution in [1.29, 1.82) is 0 Å². The van der Waals surface area contributed by atoms with Crippen LogP contribution >= 0.6 is 0 Å². The number of aliphatic imine (C=N–C) groups is 1. The topological polar surface area (TPSA) is 12.4 Å². The molecule has 10 heavy (non-hydrogen) atoms. The number of hydrogen-bond donors (Lipinski definition) is 0. The van der Waals surface area contributed by atoms with Crippen molar-refractivity contribution in [2.24, 2.45) is 4.99 Å². The molecule has 0 unspecified atom stereocenters. The zero-order valence-electron chi connectivity index (χ0n) is 5.96. The summed E-state index contributed by atoms with van der Waals surface area (Å²) < 4.78 is 0. The summed E-state index contributed by atoms with van der Waals surface area (Å²) in [5.74, 6) is 0. The van der Waals surface area contributed by atoms with Crippen molar-refractivity contribution in [2.75, 3.05) is 0 Å². The highest BCUT2D eigenvalue weighted by Gasteiger charge is 2.03. The Balaban J connectivity index is 2.60. The Hall–Kier alpha value is -1.11. The third kappa shape index (κ3) is 0.747. The summed E-state index contributed by atoms with van der Waals surface area (Å²) in [5.41, 5.74) is 3.96. The van der Waals surface area contributed by atoms with Gasteiger partial charge in [-0.3, -0.25) is 4.99 Å². The average Bonchev–Trinajstić information content (AvgIpc) is 2.33. The van der Waals surface area contributed by atoms with Gasteiger partial charge in [0.25, 0.3) is 0 Å². The molecule has 0 radical (unpaired) electrons. The molecule has 50 valence electrons. The summed E-state index contributed by atoms with van der Waals surface area (Å²) in [7, 11) is 0. The molecule has 1 nitrogen and oxygen atoms in total. The van der Waals surface area contributed by atoms with Gasteiger partial charge < -0.3 is 0 Å². The van der Waals surface area contributed by atoms with Crippen LogP contribution in [0.15, 0.2) is 23.2 Å². The maximum Gasteiger partial charge on any atom is 0.0646 e. The highest BCUT2D eigenvalue weighted by atomic mass is 14.7. The van der Waals surface area contributed by atoms with E-state index in [2.05, 4.69) is 30.1 Å². The first-order chi connectivity index (χ1) is 4.86. The van der Waals surface area contributed by atoms with Crippen LogP contribution in [0.3, 0.4) is 0 Å². The maximum atomic E-state index is 4.17. The lowest BCUT2D eigenvalue weighted by molar-refractivity contribution is 1.11. The largest absolute Gasteiger partial charge is 0.288 e.